The average molecular weight is 574 g/mol. The van der Waals surface area contributed by atoms with E-state index in [1.807, 2.05) is 4.90 Å². The lowest BCUT2D eigenvalue weighted by Crippen LogP contribution is -2.57. The SMILES string of the molecule is O=C(c1ccc(Nc2nc(NCC3CC3)c3c(C(F)(F)F)c[nH]c3n2)c2c1OCCO2)N1CCN(C2COC2)CC1. The van der Waals surface area contributed by atoms with E-state index < -0.39 is 11.7 Å². The minimum absolute atomic E-state index is 0.0542. The number of nitrogens with one attached hydrogen (secondary N) is 3. The number of fused-ring (bicyclic) bond motifs is 2. The van der Waals surface area contributed by atoms with Crippen molar-refractivity contribution in [3.63, 3.8) is 0 Å². The first kappa shape index (κ1) is 26.1. The molecule has 3 N–H and O–H groups in total. The summed E-state index contributed by atoms with van der Waals surface area (Å²) in [7, 11) is 0. The number of piperazine rings is 1. The van der Waals surface area contributed by atoms with Crippen molar-refractivity contribution in [1.82, 2.24) is 24.8 Å². The molecule has 4 aliphatic rings. The largest absolute Gasteiger partial charge is 0.485 e. The molecule has 3 fully saturated rings. The Morgan fingerprint density at radius 1 is 1.05 bits per heavy atom. The molecule has 1 aliphatic carbocycles. The number of hydrogen-bond donors (Lipinski definition) is 3. The van der Waals surface area contributed by atoms with E-state index in [0.717, 1.165) is 45.3 Å². The van der Waals surface area contributed by atoms with Gasteiger partial charge in [0.15, 0.2) is 11.5 Å². The Morgan fingerprint density at radius 3 is 2.49 bits per heavy atom. The van der Waals surface area contributed by atoms with E-state index in [1.165, 1.54) is 0 Å². The lowest BCUT2D eigenvalue weighted by molar-refractivity contribution is -0.136. The van der Waals surface area contributed by atoms with Crippen LogP contribution in [0, 0.1) is 5.92 Å². The molecule has 1 aromatic carbocycles. The Bertz CT molecular complexity index is 1460. The van der Waals surface area contributed by atoms with Gasteiger partial charge in [-0.05, 0) is 30.9 Å². The van der Waals surface area contributed by atoms with Crippen LogP contribution in [0.15, 0.2) is 18.3 Å². The fourth-order valence-corrected chi connectivity index (χ4v) is 5.42. The van der Waals surface area contributed by atoms with E-state index in [0.29, 0.717) is 54.3 Å². The van der Waals surface area contributed by atoms with E-state index in [4.69, 9.17) is 14.2 Å². The first-order chi connectivity index (χ1) is 19.8. The molecule has 41 heavy (non-hydrogen) atoms. The first-order valence-corrected chi connectivity index (χ1v) is 13.9. The van der Waals surface area contributed by atoms with Gasteiger partial charge in [-0.3, -0.25) is 9.69 Å². The third-order valence-corrected chi connectivity index (χ3v) is 8.00. The number of hydrogen-bond acceptors (Lipinski definition) is 9. The standard InChI is InChI=1S/C27H30F3N7O4/c28-27(29,30)18-12-32-24-20(18)23(31-11-15-1-2-15)34-26(35-24)33-19-4-3-17(21-22(19)41-10-9-40-21)25(38)37-7-5-36(6-8-37)16-13-39-14-16/h3-4,12,15-16H,1-2,5-11,13-14H2,(H3,31,32,33,34,35). The van der Waals surface area contributed by atoms with E-state index in [1.54, 1.807) is 12.1 Å². The van der Waals surface area contributed by atoms with Crippen molar-refractivity contribution in [1.29, 1.82) is 0 Å². The number of nitrogens with zero attached hydrogens (tertiary/aromatic N) is 4. The predicted molar refractivity (Wildman–Crippen MR) is 143 cm³/mol. The molecular weight excluding hydrogens is 543 g/mol. The Kier molecular flexibility index (Phi) is 6.53. The molecule has 0 spiro atoms. The second kappa shape index (κ2) is 10.2. The van der Waals surface area contributed by atoms with E-state index >= 15 is 0 Å². The smallest absolute Gasteiger partial charge is 0.418 e. The second-order valence-corrected chi connectivity index (χ2v) is 10.8. The maximum absolute atomic E-state index is 13.7. The normalized spacial score (nSPS) is 19.7. The number of H-pyrrole nitrogens is 1. The molecule has 11 nitrogen and oxygen atoms in total. The highest BCUT2D eigenvalue weighted by atomic mass is 19.4. The number of benzene rings is 1. The van der Waals surface area contributed by atoms with Crippen LogP contribution < -0.4 is 20.1 Å². The van der Waals surface area contributed by atoms with Gasteiger partial charge in [-0.15, -0.1) is 0 Å². The topological polar surface area (TPSA) is 117 Å². The first-order valence-electron chi connectivity index (χ1n) is 13.9. The van der Waals surface area contributed by atoms with Crippen LogP contribution in [0.1, 0.15) is 28.8 Å². The molecule has 14 heteroatoms. The monoisotopic (exact) mass is 573 g/mol. The molecule has 3 aromatic rings. The minimum atomic E-state index is -4.56. The van der Waals surface area contributed by atoms with E-state index in [2.05, 4.69) is 30.5 Å². The van der Waals surface area contributed by atoms with Gasteiger partial charge in [0, 0.05) is 38.9 Å². The Labute approximate surface area is 233 Å². The lowest BCUT2D eigenvalue weighted by Gasteiger charge is -2.42. The van der Waals surface area contributed by atoms with Crippen LogP contribution in [0.2, 0.25) is 0 Å². The number of alkyl halides is 3. The number of halogens is 3. The van der Waals surface area contributed by atoms with Crippen LogP contribution in [0.5, 0.6) is 11.5 Å². The number of carbonyl (C=O) groups is 1. The van der Waals surface area contributed by atoms with Crippen molar-refractivity contribution in [2.45, 2.75) is 25.1 Å². The molecule has 2 aromatic heterocycles. The average Bonchev–Trinajstić information content (AvgIpc) is 3.66. The van der Waals surface area contributed by atoms with Crippen LogP contribution in [0.3, 0.4) is 0 Å². The van der Waals surface area contributed by atoms with Crippen molar-refractivity contribution >= 4 is 34.4 Å². The molecule has 1 amide bonds. The summed E-state index contributed by atoms with van der Waals surface area (Å²) in [6, 6.07) is 3.79. The van der Waals surface area contributed by atoms with Crippen molar-refractivity contribution in [3.05, 3.63) is 29.5 Å². The minimum Gasteiger partial charge on any atom is -0.485 e. The lowest BCUT2D eigenvalue weighted by atomic mass is 10.1. The van der Waals surface area contributed by atoms with Gasteiger partial charge in [0.1, 0.15) is 24.7 Å². The molecule has 5 heterocycles. The molecule has 2 saturated heterocycles. The number of amides is 1. The van der Waals surface area contributed by atoms with Gasteiger partial charge >= 0.3 is 6.18 Å². The summed E-state index contributed by atoms with van der Waals surface area (Å²) >= 11 is 0. The quantitative estimate of drug-likeness (QED) is 0.391. The zero-order chi connectivity index (χ0) is 28.1. The zero-order valence-corrected chi connectivity index (χ0v) is 22.2. The molecule has 7 rings (SSSR count). The molecular formula is C27H30F3N7O4. The summed E-state index contributed by atoms with van der Waals surface area (Å²) in [4.78, 5) is 29.0. The maximum Gasteiger partial charge on any atom is 0.418 e. The molecule has 218 valence electrons. The highest BCUT2D eigenvalue weighted by Crippen LogP contribution is 2.43. The summed E-state index contributed by atoms with van der Waals surface area (Å²) in [5.41, 5.74) is 0.0731. The number of anilines is 3. The predicted octanol–water partition coefficient (Wildman–Crippen LogP) is 3.47. The van der Waals surface area contributed by atoms with E-state index in [-0.39, 0.29) is 41.9 Å². The molecule has 1 saturated carbocycles. The van der Waals surface area contributed by atoms with Gasteiger partial charge in [0.25, 0.3) is 5.91 Å². The fourth-order valence-electron chi connectivity index (χ4n) is 5.42. The third kappa shape index (κ3) is 5.10. The van der Waals surface area contributed by atoms with Crippen LogP contribution >= 0.6 is 0 Å². The summed E-state index contributed by atoms with van der Waals surface area (Å²) in [5, 5.41) is 6.07. The Morgan fingerprint density at radius 2 is 1.80 bits per heavy atom. The third-order valence-electron chi connectivity index (χ3n) is 8.00. The van der Waals surface area contributed by atoms with Crippen LogP contribution in [0.4, 0.5) is 30.6 Å². The van der Waals surface area contributed by atoms with Gasteiger partial charge in [0.05, 0.1) is 41.5 Å². The van der Waals surface area contributed by atoms with Gasteiger partial charge in [-0.25, -0.2) is 0 Å². The zero-order valence-electron chi connectivity index (χ0n) is 22.2. The van der Waals surface area contributed by atoms with Crippen LogP contribution in [-0.2, 0) is 10.9 Å². The van der Waals surface area contributed by atoms with Crippen molar-refractivity contribution < 1.29 is 32.2 Å². The highest BCUT2D eigenvalue weighted by molar-refractivity contribution is 5.99. The van der Waals surface area contributed by atoms with Gasteiger partial charge < -0.3 is 34.7 Å². The Balaban J connectivity index is 1.16. The maximum atomic E-state index is 13.7. The molecule has 0 radical (unpaired) electrons. The summed E-state index contributed by atoms with van der Waals surface area (Å²) in [6.07, 6.45) is -1.58. The van der Waals surface area contributed by atoms with Crippen molar-refractivity contribution in [3.8, 4) is 11.5 Å². The van der Waals surface area contributed by atoms with Gasteiger partial charge in [0.2, 0.25) is 5.95 Å². The molecule has 0 unspecified atom stereocenters. The number of carbonyl (C=O) groups excluding carboxylic acids is 1. The Hall–Kier alpha value is -3.78. The molecule has 3 aliphatic heterocycles. The number of ether oxygens (including phenoxy) is 3. The summed E-state index contributed by atoms with van der Waals surface area (Å²) in [6.45, 7) is 5.34. The summed E-state index contributed by atoms with van der Waals surface area (Å²) < 4.78 is 58.2. The van der Waals surface area contributed by atoms with Crippen molar-refractivity contribution in [2.75, 3.05) is 69.8 Å². The second-order valence-electron chi connectivity index (χ2n) is 10.8. The van der Waals surface area contributed by atoms with Crippen LogP contribution in [-0.4, -0.2) is 95.9 Å². The van der Waals surface area contributed by atoms with Crippen LogP contribution in [0.25, 0.3) is 11.0 Å². The number of aromatic amines is 1. The number of rotatable bonds is 7. The molecule has 0 atom stereocenters. The fraction of sp³-hybridized carbons (Fsp3) is 0.519. The van der Waals surface area contributed by atoms with E-state index in [9.17, 15) is 18.0 Å². The summed E-state index contributed by atoms with van der Waals surface area (Å²) in [5.74, 6) is 1.13. The highest BCUT2D eigenvalue weighted by Gasteiger charge is 2.36. The molecule has 0 bridgehead atoms. The van der Waals surface area contributed by atoms with Crippen molar-refractivity contribution in [2.24, 2.45) is 5.92 Å². The number of aromatic nitrogens is 3. The van der Waals surface area contributed by atoms with Gasteiger partial charge in [-0.2, -0.15) is 23.1 Å². The van der Waals surface area contributed by atoms with Gasteiger partial charge in [-0.1, -0.05) is 0 Å².